The summed E-state index contributed by atoms with van der Waals surface area (Å²) in [6.07, 6.45) is 1.70. The van der Waals surface area contributed by atoms with Gasteiger partial charge in [0.1, 0.15) is 6.07 Å². The first-order valence-corrected chi connectivity index (χ1v) is 11.0. The maximum atomic E-state index is 12.4. The van der Waals surface area contributed by atoms with Crippen LogP contribution in [-0.4, -0.2) is 37.4 Å². The Bertz CT molecular complexity index is 1140. The third kappa shape index (κ3) is 5.69. The van der Waals surface area contributed by atoms with E-state index in [9.17, 15) is 9.59 Å². The molecular formula is C22H18BrN3O5S. The molecule has 0 radical (unpaired) electrons. The van der Waals surface area contributed by atoms with E-state index < -0.39 is 5.97 Å². The molecule has 3 rings (SSSR count). The third-order valence-corrected chi connectivity index (χ3v) is 5.59. The summed E-state index contributed by atoms with van der Waals surface area (Å²) in [4.78, 5) is 29.0. The maximum Gasteiger partial charge on any atom is 0.338 e. The molecule has 8 nitrogen and oxygen atoms in total. The van der Waals surface area contributed by atoms with E-state index in [1.54, 1.807) is 49.4 Å². The highest BCUT2D eigenvalue weighted by atomic mass is 79.9. The number of carbonyl (C=O) groups is 2. The normalized spacial score (nSPS) is 15.4. The monoisotopic (exact) mass is 515 g/mol. The molecule has 0 aromatic heterocycles. The molecule has 1 fully saturated rings. The molecule has 10 heteroatoms. The third-order valence-electron chi connectivity index (χ3n) is 4.09. The van der Waals surface area contributed by atoms with Gasteiger partial charge in [0.25, 0.3) is 5.91 Å². The maximum absolute atomic E-state index is 12.4. The van der Waals surface area contributed by atoms with Crippen molar-refractivity contribution in [3.8, 4) is 17.6 Å². The van der Waals surface area contributed by atoms with Crippen molar-refractivity contribution in [3.05, 3.63) is 56.9 Å². The number of carbonyl (C=O) groups excluding carboxylic acids is 2. The van der Waals surface area contributed by atoms with E-state index in [-0.39, 0.29) is 12.5 Å². The lowest BCUT2D eigenvalue weighted by atomic mass is 10.2. The van der Waals surface area contributed by atoms with E-state index in [0.717, 1.165) is 0 Å². The number of methoxy groups -OCH3 is 1. The first-order valence-electron chi connectivity index (χ1n) is 9.39. The number of nitrogens with one attached hydrogen (secondary N) is 1. The first-order chi connectivity index (χ1) is 15.4. The van der Waals surface area contributed by atoms with E-state index in [4.69, 9.17) is 19.5 Å². The number of hydrogen-bond acceptors (Lipinski definition) is 8. The van der Waals surface area contributed by atoms with Crippen molar-refractivity contribution in [2.24, 2.45) is 4.99 Å². The topological polar surface area (TPSA) is 110 Å². The molecule has 0 bridgehead atoms. The van der Waals surface area contributed by atoms with Gasteiger partial charge >= 0.3 is 5.97 Å². The standard InChI is InChI=1S/C22H18BrN3O5S/c1-3-30-21(28)14-4-6-15(7-5-14)25-22-26-20(27)18(32-22)12-13-10-16(23)19(31-9-8-24)17(11-13)29-2/h4-7,10-12H,3,9H2,1-2H3,(H,25,26,27)/b18-12-. The molecule has 1 aliphatic rings. The minimum atomic E-state index is -0.397. The number of nitriles is 1. The Balaban J connectivity index is 1.79. The summed E-state index contributed by atoms with van der Waals surface area (Å²) < 4.78 is 16.3. The highest BCUT2D eigenvalue weighted by Gasteiger charge is 2.24. The molecule has 0 spiro atoms. The van der Waals surface area contributed by atoms with E-state index in [1.807, 2.05) is 6.07 Å². The molecule has 1 amide bonds. The number of nitrogens with zero attached hydrogens (tertiary/aromatic N) is 2. The van der Waals surface area contributed by atoms with Gasteiger partial charge in [0.2, 0.25) is 0 Å². The van der Waals surface area contributed by atoms with Crippen LogP contribution >= 0.6 is 27.7 Å². The molecule has 1 saturated heterocycles. The minimum absolute atomic E-state index is 0.117. The molecule has 32 heavy (non-hydrogen) atoms. The van der Waals surface area contributed by atoms with Crippen molar-refractivity contribution in [3.63, 3.8) is 0 Å². The Hall–Kier alpha value is -3.29. The number of rotatable bonds is 7. The fourth-order valence-electron chi connectivity index (χ4n) is 2.70. The van der Waals surface area contributed by atoms with Gasteiger partial charge < -0.3 is 19.5 Å². The summed E-state index contributed by atoms with van der Waals surface area (Å²) >= 11 is 4.60. The smallest absolute Gasteiger partial charge is 0.338 e. The number of thioether (sulfide) groups is 1. The number of esters is 1. The Morgan fingerprint density at radius 2 is 2.06 bits per heavy atom. The van der Waals surface area contributed by atoms with E-state index in [2.05, 4.69) is 26.2 Å². The summed E-state index contributed by atoms with van der Waals surface area (Å²) in [6.45, 7) is 1.93. The van der Waals surface area contributed by atoms with Gasteiger partial charge in [-0.05, 0) is 82.7 Å². The number of amidine groups is 1. The van der Waals surface area contributed by atoms with Gasteiger partial charge in [0.05, 0.1) is 34.3 Å². The lowest BCUT2D eigenvalue weighted by Crippen LogP contribution is -2.19. The van der Waals surface area contributed by atoms with Crippen LogP contribution in [0.1, 0.15) is 22.8 Å². The predicted octanol–water partition coefficient (Wildman–Crippen LogP) is 4.43. The zero-order valence-electron chi connectivity index (χ0n) is 17.2. The van der Waals surface area contributed by atoms with Crippen LogP contribution in [0.3, 0.4) is 0 Å². The molecule has 0 unspecified atom stereocenters. The second-order valence-electron chi connectivity index (χ2n) is 6.23. The van der Waals surface area contributed by atoms with Crippen molar-refractivity contribution in [2.75, 3.05) is 20.3 Å². The van der Waals surface area contributed by atoms with E-state index in [1.165, 1.54) is 18.9 Å². The SMILES string of the molecule is CCOC(=O)c1ccc(N=C2NC(=O)/C(=C/c3cc(Br)c(OCC#N)c(OC)c3)S2)cc1. The minimum Gasteiger partial charge on any atom is -0.493 e. The lowest BCUT2D eigenvalue weighted by Gasteiger charge is -2.11. The quantitative estimate of drug-likeness (QED) is 0.428. The lowest BCUT2D eigenvalue weighted by molar-refractivity contribution is -0.115. The van der Waals surface area contributed by atoms with Crippen LogP contribution in [0.5, 0.6) is 11.5 Å². The zero-order valence-corrected chi connectivity index (χ0v) is 19.6. The second kappa shape index (κ2) is 10.8. The van der Waals surface area contributed by atoms with Crippen LogP contribution in [0.4, 0.5) is 5.69 Å². The van der Waals surface area contributed by atoms with Gasteiger partial charge in [-0.15, -0.1) is 0 Å². The largest absolute Gasteiger partial charge is 0.493 e. The number of halogens is 1. The van der Waals surface area contributed by atoms with Gasteiger partial charge in [-0.25, -0.2) is 9.79 Å². The van der Waals surface area contributed by atoms with Crippen molar-refractivity contribution in [1.82, 2.24) is 5.32 Å². The highest BCUT2D eigenvalue weighted by Crippen LogP contribution is 2.38. The summed E-state index contributed by atoms with van der Waals surface area (Å²) in [7, 11) is 1.49. The molecule has 1 N–H and O–H groups in total. The van der Waals surface area contributed by atoms with E-state index >= 15 is 0 Å². The molecule has 164 valence electrons. The van der Waals surface area contributed by atoms with Crippen LogP contribution in [0.25, 0.3) is 6.08 Å². The number of aliphatic imine (C=N–C) groups is 1. The molecule has 0 saturated carbocycles. The molecule has 1 heterocycles. The Kier molecular flexibility index (Phi) is 7.92. The Morgan fingerprint density at radius 1 is 1.31 bits per heavy atom. The van der Waals surface area contributed by atoms with Gasteiger partial charge in [-0.2, -0.15) is 5.26 Å². The first kappa shape index (κ1) is 23.4. The van der Waals surface area contributed by atoms with Gasteiger partial charge in [-0.3, -0.25) is 4.79 Å². The summed E-state index contributed by atoms with van der Waals surface area (Å²) in [5.41, 5.74) is 1.72. The number of ether oxygens (including phenoxy) is 3. The number of benzene rings is 2. The van der Waals surface area contributed by atoms with Crippen molar-refractivity contribution in [1.29, 1.82) is 5.26 Å². The van der Waals surface area contributed by atoms with Crippen molar-refractivity contribution in [2.45, 2.75) is 6.92 Å². The van der Waals surface area contributed by atoms with Crippen LogP contribution in [0.2, 0.25) is 0 Å². The molecule has 2 aromatic rings. The summed E-state index contributed by atoms with van der Waals surface area (Å²) in [5, 5.41) is 11.9. The highest BCUT2D eigenvalue weighted by molar-refractivity contribution is 9.10. The van der Waals surface area contributed by atoms with Gasteiger partial charge in [0, 0.05) is 0 Å². The number of amides is 1. The Labute approximate surface area is 197 Å². The second-order valence-corrected chi connectivity index (χ2v) is 8.11. The predicted molar refractivity (Wildman–Crippen MR) is 125 cm³/mol. The van der Waals surface area contributed by atoms with E-state index in [0.29, 0.717) is 49.5 Å². The van der Waals surface area contributed by atoms with Crippen LogP contribution < -0.4 is 14.8 Å². The molecule has 0 aliphatic carbocycles. The van der Waals surface area contributed by atoms with Crippen molar-refractivity contribution < 1.29 is 23.8 Å². The summed E-state index contributed by atoms with van der Waals surface area (Å²) in [5.74, 6) is 0.164. The fourth-order valence-corrected chi connectivity index (χ4v) is 4.12. The van der Waals surface area contributed by atoms with Gasteiger partial charge in [0.15, 0.2) is 23.3 Å². The number of hydrogen-bond donors (Lipinski definition) is 1. The summed E-state index contributed by atoms with van der Waals surface area (Å²) in [6, 6.07) is 12.0. The zero-order chi connectivity index (χ0) is 23.1. The average Bonchev–Trinajstić information content (AvgIpc) is 3.11. The van der Waals surface area contributed by atoms with Gasteiger partial charge in [-0.1, -0.05) is 0 Å². The molecule has 1 aliphatic heterocycles. The van der Waals surface area contributed by atoms with Crippen LogP contribution in [0.15, 0.2) is 50.8 Å². The molecular weight excluding hydrogens is 498 g/mol. The molecule has 2 aromatic carbocycles. The Morgan fingerprint density at radius 3 is 2.72 bits per heavy atom. The van der Waals surface area contributed by atoms with Crippen LogP contribution in [-0.2, 0) is 9.53 Å². The molecule has 0 atom stereocenters. The average molecular weight is 516 g/mol. The fraction of sp³-hybridized carbons (Fsp3) is 0.182. The van der Waals surface area contributed by atoms with Crippen molar-refractivity contribution >= 4 is 56.5 Å². The van der Waals surface area contributed by atoms with Crippen LogP contribution in [0, 0.1) is 11.3 Å².